The number of hydrogen-bond donors (Lipinski definition) is 2. The number of nitrogens with zero attached hydrogens (tertiary/aromatic N) is 1. The summed E-state index contributed by atoms with van der Waals surface area (Å²) in [5, 5.41) is 24.2. The predicted octanol–water partition coefficient (Wildman–Crippen LogP) is 9.19. The normalized spacial score (nSPS) is 13.8. The lowest BCUT2D eigenvalue weighted by Gasteiger charge is -2.15. The molecular weight excluding hydrogens is 589 g/mol. The molecule has 0 spiro atoms. The van der Waals surface area contributed by atoms with Crippen LogP contribution in [0.4, 0.5) is 0 Å². The first kappa shape index (κ1) is 27.3. The average molecular weight is 618 g/mol. The largest absolute Gasteiger partial charge is 0.488 e. The molecule has 1 unspecified atom stereocenters. The quantitative estimate of drug-likeness (QED) is 0.194. The van der Waals surface area contributed by atoms with Crippen LogP contribution in [0.25, 0.3) is 71.7 Å². The standard InChI is InChI=1S/C43H28BNO3/c46-44(47)29-18-14-26(15-19-29)41-33-20-16-27(25-37(33)42-35(41)22-21-34-32-11-5-7-13-40(32)48-43(34)42)28-17-23-39-36(24-28)31-10-4-6-12-38(31)45(39)30-8-2-1-3-9-30/h1-25,41,46-47H. The molecule has 0 saturated carbocycles. The Bertz CT molecular complexity index is 2710. The van der Waals surface area contributed by atoms with Crippen LogP contribution in [0.2, 0.25) is 0 Å². The van der Waals surface area contributed by atoms with E-state index in [1.807, 2.05) is 24.3 Å². The lowest BCUT2D eigenvalue weighted by molar-refractivity contribution is 0.426. The zero-order valence-corrected chi connectivity index (χ0v) is 25.8. The molecule has 9 aromatic rings. The molecule has 4 nitrogen and oxygen atoms in total. The van der Waals surface area contributed by atoms with E-state index in [1.165, 1.54) is 32.9 Å². The molecule has 5 heteroatoms. The summed E-state index contributed by atoms with van der Waals surface area (Å²) in [6, 6.07) is 53.1. The van der Waals surface area contributed by atoms with Crippen LogP contribution >= 0.6 is 0 Å². The number of benzene rings is 7. The van der Waals surface area contributed by atoms with Crippen molar-refractivity contribution in [3.8, 4) is 27.9 Å². The molecule has 1 aliphatic carbocycles. The molecule has 10 rings (SSSR count). The third-order valence-corrected chi connectivity index (χ3v) is 10.1. The number of hydrogen-bond acceptors (Lipinski definition) is 3. The Morgan fingerprint density at radius 1 is 0.542 bits per heavy atom. The van der Waals surface area contributed by atoms with Crippen LogP contribution in [0.5, 0.6) is 0 Å². The van der Waals surface area contributed by atoms with Crippen molar-refractivity contribution in [1.82, 2.24) is 4.57 Å². The van der Waals surface area contributed by atoms with Crippen LogP contribution in [-0.4, -0.2) is 21.7 Å². The van der Waals surface area contributed by atoms with Crippen molar-refractivity contribution >= 4 is 56.3 Å². The minimum atomic E-state index is -1.50. The fraction of sp³-hybridized carbons (Fsp3) is 0.0233. The van der Waals surface area contributed by atoms with Crippen LogP contribution in [0, 0.1) is 0 Å². The monoisotopic (exact) mass is 617 g/mol. The minimum absolute atomic E-state index is 0.0159. The molecule has 0 radical (unpaired) electrons. The lowest BCUT2D eigenvalue weighted by Crippen LogP contribution is -2.29. The first-order valence-corrected chi connectivity index (χ1v) is 16.3. The van der Waals surface area contributed by atoms with Gasteiger partial charge in [-0.3, -0.25) is 0 Å². The van der Waals surface area contributed by atoms with Gasteiger partial charge in [-0.25, -0.2) is 0 Å². The zero-order valence-electron chi connectivity index (χ0n) is 25.8. The highest BCUT2D eigenvalue weighted by Crippen LogP contribution is 2.53. The maximum atomic E-state index is 9.75. The third kappa shape index (κ3) is 3.92. The molecule has 48 heavy (non-hydrogen) atoms. The summed E-state index contributed by atoms with van der Waals surface area (Å²) in [6.45, 7) is 0. The van der Waals surface area contributed by atoms with Gasteiger partial charge in [0.15, 0.2) is 0 Å². The van der Waals surface area contributed by atoms with Gasteiger partial charge in [-0.1, -0.05) is 109 Å². The van der Waals surface area contributed by atoms with Crippen molar-refractivity contribution in [3.63, 3.8) is 0 Å². The van der Waals surface area contributed by atoms with Gasteiger partial charge in [0.05, 0.1) is 11.0 Å². The van der Waals surface area contributed by atoms with Crippen LogP contribution in [-0.2, 0) is 0 Å². The summed E-state index contributed by atoms with van der Waals surface area (Å²) in [5.74, 6) is -0.0159. The Balaban J connectivity index is 1.19. The molecular formula is C43H28BNO3. The topological polar surface area (TPSA) is 58.5 Å². The molecule has 0 amide bonds. The predicted molar refractivity (Wildman–Crippen MR) is 196 cm³/mol. The molecule has 0 aliphatic heterocycles. The fourth-order valence-corrected chi connectivity index (χ4v) is 7.92. The van der Waals surface area contributed by atoms with Crippen LogP contribution < -0.4 is 5.46 Å². The second-order valence-electron chi connectivity index (χ2n) is 12.7. The summed E-state index contributed by atoms with van der Waals surface area (Å²) in [7, 11) is -1.50. The summed E-state index contributed by atoms with van der Waals surface area (Å²) >= 11 is 0. The molecule has 2 N–H and O–H groups in total. The van der Waals surface area contributed by atoms with Gasteiger partial charge in [-0.15, -0.1) is 0 Å². The Kier molecular flexibility index (Phi) is 5.86. The average Bonchev–Trinajstić information content (AvgIpc) is 3.79. The maximum Gasteiger partial charge on any atom is 0.488 e. The number of rotatable bonds is 4. The summed E-state index contributed by atoms with van der Waals surface area (Å²) < 4.78 is 8.96. The molecule has 0 fully saturated rings. The van der Waals surface area contributed by atoms with E-state index in [-0.39, 0.29) is 5.92 Å². The summed E-state index contributed by atoms with van der Waals surface area (Å²) in [6.07, 6.45) is 0. The van der Waals surface area contributed by atoms with E-state index in [0.717, 1.165) is 55.4 Å². The number of aromatic nitrogens is 1. The van der Waals surface area contributed by atoms with Gasteiger partial charge in [-0.2, -0.15) is 0 Å². The van der Waals surface area contributed by atoms with E-state index in [9.17, 15) is 10.0 Å². The van der Waals surface area contributed by atoms with E-state index in [1.54, 1.807) is 12.1 Å². The van der Waals surface area contributed by atoms with Crippen molar-refractivity contribution < 1.29 is 14.5 Å². The number of fused-ring (bicyclic) bond motifs is 10. The smallest absolute Gasteiger partial charge is 0.455 e. The molecule has 7 aromatic carbocycles. The van der Waals surface area contributed by atoms with E-state index < -0.39 is 7.12 Å². The van der Waals surface area contributed by atoms with Crippen molar-refractivity contribution in [2.24, 2.45) is 0 Å². The molecule has 0 saturated heterocycles. The summed E-state index contributed by atoms with van der Waals surface area (Å²) in [5.41, 5.74) is 13.8. The summed E-state index contributed by atoms with van der Waals surface area (Å²) in [4.78, 5) is 0. The number of para-hydroxylation sites is 3. The highest BCUT2D eigenvalue weighted by Gasteiger charge is 2.33. The Morgan fingerprint density at radius 2 is 1.23 bits per heavy atom. The zero-order chi connectivity index (χ0) is 31.9. The second kappa shape index (κ2) is 10.3. The lowest BCUT2D eigenvalue weighted by atomic mass is 9.78. The molecule has 0 bridgehead atoms. The van der Waals surface area contributed by atoms with Crippen molar-refractivity contribution in [3.05, 3.63) is 168 Å². The molecule has 2 heterocycles. The van der Waals surface area contributed by atoms with Gasteiger partial charge < -0.3 is 19.0 Å². The van der Waals surface area contributed by atoms with Gasteiger partial charge in [0.25, 0.3) is 0 Å². The molecule has 1 aliphatic rings. The molecule has 1 atom stereocenters. The third-order valence-electron chi connectivity index (χ3n) is 10.1. The van der Waals surface area contributed by atoms with Gasteiger partial charge in [0.1, 0.15) is 11.2 Å². The van der Waals surface area contributed by atoms with Crippen molar-refractivity contribution in [2.45, 2.75) is 5.92 Å². The maximum absolute atomic E-state index is 9.75. The minimum Gasteiger partial charge on any atom is -0.455 e. The fourth-order valence-electron chi connectivity index (χ4n) is 7.92. The second-order valence-corrected chi connectivity index (χ2v) is 12.7. The van der Waals surface area contributed by atoms with Crippen LogP contribution in [0.1, 0.15) is 22.6 Å². The highest BCUT2D eigenvalue weighted by molar-refractivity contribution is 6.58. The van der Waals surface area contributed by atoms with Crippen LogP contribution in [0.3, 0.4) is 0 Å². The van der Waals surface area contributed by atoms with Gasteiger partial charge in [0, 0.05) is 38.7 Å². The Morgan fingerprint density at radius 3 is 2.06 bits per heavy atom. The SMILES string of the molecule is OB(O)c1ccc(C2c3ccc(-c4ccc5c(c4)c4ccccc4n5-c4ccccc4)cc3-c3c2ccc2c3oc3ccccc32)cc1. The van der Waals surface area contributed by atoms with E-state index in [2.05, 4.69) is 120 Å². The first-order valence-electron chi connectivity index (χ1n) is 16.3. The van der Waals surface area contributed by atoms with E-state index in [4.69, 9.17) is 4.42 Å². The van der Waals surface area contributed by atoms with Gasteiger partial charge in [0.2, 0.25) is 0 Å². The van der Waals surface area contributed by atoms with Crippen molar-refractivity contribution in [2.75, 3.05) is 0 Å². The van der Waals surface area contributed by atoms with Gasteiger partial charge in [-0.05, 0) is 81.3 Å². The number of furan rings is 1. The molecule has 2 aromatic heterocycles. The Labute approximate surface area is 276 Å². The Hall–Kier alpha value is -5.88. The van der Waals surface area contributed by atoms with E-state index >= 15 is 0 Å². The first-order chi connectivity index (χ1) is 23.6. The highest BCUT2D eigenvalue weighted by atomic mass is 16.4. The van der Waals surface area contributed by atoms with Crippen molar-refractivity contribution in [1.29, 1.82) is 0 Å². The van der Waals surface area contributed by atoms with E-state index in [0.29, 0.717) is 5.46 Å². The molecule has 226 valence electrons. The van der Waals surface area contributed by atoms with Gasteiger partial charge >= 0.3 is 7.12 Å². The van der Waals surface area contributed by atoms with Crippen LogP contribution in [0.15, 0.2) is 156 Å².